The van der Waals surface area contributed by atoms with Gasteiger partial charge in [-0.3, -0.25) is 0 Å². The number of aliphatic hydroxyl groups excluding tert-OH is 1. The minimum atomic E-state index is -1.49. The summed E-state index contributed by atoms with van der Waals surface area (Å²) in [5.74, 6) is 3.07. The Labute approximate surface area is 132 Å². The van der Waals surface area contributed by atoms with Crippen molar-refractivity contribution in [1.82, 2.24) is 0 Å². The van der Waals surface area contributed by atoms with E-state index in [1.807, 2.05) is 12.1 Å². The van der Waals surface area contributed by atoms with E-state index in [2.05, 4.69) is 21.9 Å². The Bertz CT molecular complexity index is 629. The van der Waals surface area contributed by atoms with E-state index in [0.29, 0.717) is 16.9 Å². The maximum atomic E-state index is 10.8. The van der Waals surface area contributed by atoms with Crippen molar-refractivity contribution in [1.29, 1.82) is 0 Å². The van der Waals surface area contributed by atoms with Gasteiger partial charge in [-0.1, -0.05) is 46.1 Å². The van der Waals surface area contributed by atoms with Crippen LogP contribution in [0.15, 0.2) is 53.0 Å². The van der Waals surface area contributed by atoms with E-state index >= 15 is 0 Å². The molecule has 0 aliphatic heterocycles. The third kappa shape index (κ3) is 3.45. The highest BCUT2D eigenvalue weighted by Crippen LogP contribution is 2.31. The second-order valence-electron chi connectivity index (χ2n) is 4.46. The lowest BCUT2D eigenvalue weighted by molar-refractivity contribution is 0.145. The van der Waals surface area contributed by atoms with Crippen LogP contribution < -0.4 is 4.74 Å². The summed E-state index contributed by atoms with van der Waals surface area (Å²) in [6, 6.07) is 14.1. The van der Waals surface area contributed by atoms with Gasteiger partial charge in [-0.15, -0.1) is 6.42 Å². The largest absolute Gasteiger partial charge is 0.491 e. The molecule has 2 aromatic rings. The molecule has 0 aromatic heterocycles. The lowest BCUT2D eigenvalue weighted by Crippen LogP contribution is -2.24. The van der Waals surface area contributed by atoms with E-state index in [-0.39, 0.29) is 13.2 Å². The molecular weight excluding hydrogens is 332 g/mol. The van der Waals surface area contributed by atoms with Gasteiger partial charge in [-0.25, -0.2) is 0 Å². The molecule has 0 saturated carbocycles. The fourth-order valence-corrected chi connectivity index (χ4v) is 2.24. The number of aliphatic hydroxyl groups is 2. The summed E-state index contributed by atoms with van der Waals surface area (Å²) < 4.78 is 6.20. The third-order valence-corrected chi connectivity index (χ3v) is 3.63. The second kappa shape index (κ2) is 6.77. The number of hydrogen-bond acceptors (Lipinski definition) is 3. The molecule has 21 heavy (non-hydrogen) atoms. The second-order valence-corrected chi connectivity index (χ2v) is 5.37. The summed E-state index contributed by atoms with van der Waals surface area (Å²) in [5.41, 5.74) is -0.281. The standard InChI is InChI=1S/C17H15BrO3/c1-2-17(20,13-3-7-15(18)8-4-13)14-5-9-16(10-6-14)21-12-11-19/h1,3-10,19-20H,11-12H2. The summed E-state index contributed by atoms with van der Waals surface area (Å²) in [6.45, 7) is 0.181. The molecule has 0 heterocycles. The molecule has 2 rings (SSSR count). The summed E-state index contributed by atoms with van der Waals surface area (Å²) in [5, 5.41) is 19.5. The smallest absolute Gasteiger partial charge is 0.176 e. The molecule has 108 valence electrons. The van der Waals surface area contributed by atoms with Crippen LogP contribution in [0.2, 0.25) is 0 Å². The topological polar surface area (TPSA) is 49.7 Å². The Morgan fingerprint density at radius 2 is 1.57 bits per heavy atom. The van der Waals surface area contributed by atoms with Crippen molar-refractivity contribution < 1.29 is 14.9 Å². The van der Waals surface area contributed by atoms with Gasteiger partial charge in [0.05, 0.1) is 6.61 Å². The van der Waals surface area contributed by atoms with Crippen LogP contribution in [0.3, 0.4) is 0 Å². The van der Waals surface area contributed by atoms with E-state index < -0.39 is 5.60 Å². The Hall–Kier alpha value is -1.80. The first-order valence-electron chi connectivity index (χ1n) is 6.40. The fraction of sp³-hybridized carbons (Fsp3) is 0.176. The molecule has 2 aromatic carbocycles. The summed E-state index contributed by atoms with van der Waals surface area (Å²) in [7, 11) is 0. The molecule has 0 radical (unpaired) electrons. The van der Waals surface area contributed by atoms with E-state index in [4.69, 9.17) is 16.3 Å². The van der Waals surface area contributed by atoms with Crippen LogP contribution in [0.5, 0.6) is 5.75 Å². The van der Waals surface area contributed by atoms with Crippen molar-refractivity contribution in [3.05, 3.63) is 64.1 Å². The fourth-order valence-electron chi connectivity index (χ4n) is 1.98. The average Bonchev–Trinajstić information content (AvgIpc) is 2.53. The minimum Gasteiger partial charge on any atom is -0.491 e. The van der Waals surface area contributed by atoms with E-state index in [1.165, 1.54) is 0 Å². The van der Waals surface area contributed by atoms with Gasteiger partial charge in [0.25, 0.3) is 0 Å². The predicted molar refractivity (Wildman–Crippen MR) is 85.0 cm³/mol. The molecule has 0 saturated heterocycles. The van der Waals surface area contributed by atoms with Crippen LogP contribution in [0, 0.1) is 12.3 Å². The Balaban J connectivity index is 2.32. The highest BCUT2D eigenvalue weighted by atomic mass is 79.9. The van der Waals surface area contributed by atoms with Gasteiger partial charge < -0.3 is 14.9 Å². The van der Waals surface area contributed by atoms with Crippen molar-refractivity contribution in [3.63, 3.8) is 0 Å². The predicted octanol–water partition coefficient (Wildman–Crippen LogP) is 2.69. The van der Waals surface area contributed by atoms with Crippen molar-refractivity contribution >= 4 is 15.9 Å². The summed E-state index contributed by atoms with van der Waals surface area (Å²) in [4.78, 5) is 0. The first-order chi connectivity index (χ1) is 10.1. The van der Waals surface area contributed by atoms with Gasteiger partial charge >= 0.3 is 0 Å². The number of hydrogen-bond donors (Lipinski definition) is 2. The Kier molecular flexibility index (Phi) is 5.03. The molecule has 0 aliphatic rings. The SMILES string of the molecule is C#CC(O)(c1ccc(Br)cc1)c1ccc(OCCO)cc1. The van der Waals surface area contributed by atoms with Crippen LogP contribution in [-0.2, 0) is 5.60 Å². The zero-order valence-corrected chi connectivity index (χ0v) is 12.9. The van der Waals surface area contributed by atoms with Crippen molar-refractivity contribution in [2.24, 2.45) is 0 Å². The van der Waals surface area contributed by atoms with Crippen LogP contribution in [-0.4, -0.2) is 23.4 Å². The quantitative estimate of drug-likeness (QED) is 0.818. The number of ether oxygens (including phenoxy) is 1. The number of terminal acetylenes is 1. The van der Waals surface area contributed by atoms with Gasteiger partial charge in [0.1, 0.15) is 12.4 Å². The van der Waals surface area contributed by atoms with E-state index in [0.717, 1.165) is 4.47 Å². The lowest BCUT2D eigenvalue weighted by Gasteiger charge is -2.23. The minimum absolute atomic E-state index is 0.0467. The molecule has 3 nitrogen and oxygen atoms in total. The van der Waals surface area contributed by atoms with Gasteiger partial charge in [0.2, 0.25) is 0 Å². The summed E-state index contributed by atoms with van der Waals surface area (Å²) in [6.07, 6.45) is 5.55. The van der Waals surface area contributed by atoms with Crippen molar-refractivity contribution in [3.8, 4) is 18.1 Å². The maximum Gasteiger partial charge on any atom is 0.176 e. The van der Waals surface area contributed by atoms with E-state index in [1.54, 1.807) is 36.4 Å². The highest BCUT2D eigenvalue weighted by Gasteiger charge is 2.29. The molecule has 4 heteroatoms. The van der Waals surface area contributed by atoms with Gasteiger partial charge in [-0.2, -0.15) is 0 Å². The number of halogens is 1. The lowest BCUT2D eigenvalue weighted by atomic mass is 9.87. The monoisotopic (exact) mass is 346 g/mol. The molecule has 2 N–H and O–H groups in total. The van der Waals surface area contributed by atoms with Crippen molar-refractivity contribution in [2.75, 3.05) is 13.2 Å². The first-order valence-corrected chi connectivity index (χ1v) is 7.20. The Morgan fingerprint density at radius 3 is 2.05 bits per heavy atom. The average molecular weight is 347 g/mol. The highest BCUT2D eigenvalue weighted by molar-refractivity contribution is 9.10. The van der Waals surface area contributed by atoms with Crippen LogP contribution in [0.1, 0.15) is 11.1 Å². The zero-order valence-electron chi connectivity index (χ0n) is 11.3. The van der Waals surface area contributed by atoms with Gasteiger partial charge in [-0.05, 0) is 24.3 Å². The van der Waals surface area contributed by atoms with Crippen LogP contribution >= 0.6 is 15.9 Å². The van der Waals surface area contributed by atoms with E-state index in [9.17, 15) is 5.11 Å². The molecule has 0 aliphatic carbocycles. The molecule has 0 fully saturated rings. The molecule has 0 spiro atoms. The van der Waals surface area contributed by atoms with Crippen LogP contribution in [0.4, 0.5) is 0 Å². The van der Waals surface area contributed by atoms with Gasteiger partial charge in [0, 0.05) is 15.6 Å². The first kappa shape index (κ1) is 15.6. The van der Waals surface area contributed by atoms with Crippen molar-refractivity contribution in [2.45, 2.75) is 5.60 Å². The third-order valence-electron chi connectivity index (χ3n) is 3.10. The Morgan fingerprint density at radius 1 is 1.05 bits per heavy atom. The molecule has 0 bridgehead atoms. The molecular formula is C17H15BrO3. The molecule has 1 unspecified atom stereocenters. The normalized spacial score (nSPS) is 13.2. The summed E-state index contributed by atoms with van der Waals surface area (Å²) >= 11 is 3.35. The molecule has 1 atom stereocenters. The number of benzene rings is 2. The molecule has 0 amide bonds. The van der Waals surface area contributed by atoms with Crippen LogP contribution in [0.25, 0.3) is 0 Å². The maximum absolute atomic E-state index is 10.8. The number of rotatable bonds is 5. The van der Waals surface area contributed by atoms with Gasteiger partial charge in [0.15, 0.2) is 5.60 Å². The zero-order chi connectivity index (χ0) is 15.3.